The molecular weight excluding hydrogens is 292 g/mol. The maximum absolute atomic E-state index is 12.1. The normalized spacial score (nSPS) is 27.7. The van der Waals surface area contributed by atoms with Gasteiger partial charge in [0.2, 0.25) is 0 Å². The molecule has 23 heavy (non-hydrogen) atoms. The highest BCUT2D eigenvalue weighted by Crippen LogP contribution is 2.44. The van der Waals surface area contributed by atoms with Crippen molar-refractivity contribution < 1.29 is 9.90 Å². The molecule has 0 aliphatic heterocycles. The minimum absolute atomic E-state index is 0.184. The van der Waals surface area contributed by atoms with Gasteiger partial charge in [0.05, 0.1) is 11.9 Å². The molecule has 0 spiro atoms. The summed E-state index contributed by atoms with van der Waals surface area (Å²) in [5, 5.41) is 18.8. The molecular formula is C17H20N4O2. The molecule has 2 saturated carbocycles. The van der Waals surface area contributed by atoms with E-state index in [1.807, 2.05) is 18.3 Å². The lowest BCUT2D eigenvalue weighted by Gasteiger charge is -2.36. The number of aliphatic carboxylic acids is 1. The van der Waals surface area contributed by atoms with Crippen LogP contribution in [0.3, 0.4) is 0 Å². The van der Waals surface area contributed by atoms with E-state index in [1.54, 1.807) is 12.4 Å². The minimum Gasteiger partial charge on any atom is -0.479 e. The maximum atomic E-state index is 12.1. The van der Waals surface area contributed by atoms with E-state index < -0.39 is 11.5 Å². The highest BCUT2D eigenvalue weighted by Gasteiger charge is 2.47. The van der Waals surface area contributed by atoms with Gasteiger partial charge in [0.25, 0.3) is 0 Å². The Morgan fingerprint density at radius 2 is 2.13 bits per heavy atom. The summed E-state index contributed by atoms with van der Waals surface area (Å²) in [6.45, 7) is 0. The molecule has 0 aromatic carbocycles. The lowest BCUT2D eigenvalue weighted by atomic mass is 9.73. The van der Waals surface area contributed by atoms with Gasteiger partial charge in [-0.05, 0) is 56.1 Å². The summed E-state index contributed by atoms with van der Waals surface area (Å²) in [6.07, 6.45) is 10.5. The van der Waals surface area contributed by atoms with Gasteiger partial charge in [0.15, 0.2) is 5.54 Å². The molecule has 2 aromatic heterocycles. The SMILES string of the molecule is O=C(O)C1(n2ncc(C3CC3)n2)CCCC(c2cccnc2)C1. The number of rotatable bonds is 4. The topological polar surface area (TPSA) is 80.9 Å². The second kappa shape index (κ2) is 5.44. The molecule has 1 N–H and O–H groups in total. The first-order chi connectivity index (χ1) is 11.2. The standard InChI is InChI=1S/C17H20N4O2/c22-16(23)17(21-19-11-15(20-21)12-5-6-12)7-1-3-13(9-17)14-4-2-8-18-10-14/h2,4,8,10-13H,1,3,5-7,9H2,(H,22,23). The summed E-state index contributed by atoms with van der Waals surface area (Å²) in [5.74, 6) is -0.166. The van der Waals surface area contributed by atoms with E-state index in [2.05, 4.69) is 15.2 Å². The van der Waals surface area contributed by atoms with Crippen LogP contribution >= 0.6 is 0 Å². The zero-order chi connectivity index (χ0) is 15.9. The summed E-state index contributed by atoms with van der Waals surface area (Å²) >= 11 is 0. The van der Waals surface area contributed by atoms with Crippen LogP contribution in [0.4, 0.5) is 0 Å². The van der Waals surface area contributed by atoms with E-state index >= 15 is 0 Å². The summed E-state index contributed by atoms with van der Waals surface area (Å²) in [4.78, 5) is 17.8. The van der Waals surface area contributed by atoms with Gasteiger partial charge in [0.1, 0.15) is 0 Å². The van der Waals surface area contributed by atoms with Crippen LogP contribution in [0, 0.1) is 0 Å². The van der Waals surface area contributed by atoms with Gasteiger partial charge in [-0.15, -0.1) is 0 Å². The summed E-state index contributed by atoms with van der Waals surface area (Å²) in [5.41, 5.74) is 1.01. The highest BCUT2D eigenvalue weighted by atomic mass is 16.4. The molecule has 2 fully saturated rings. The van der Waals surface area contributed by atoms with Gasteiger partial charge in [-0.3, -0.25) is 4.98 Å². The first-order valence-corrected chi connectivity index (χ1v) is 8.25. The summed E-state index contributed by atoms with van der Waals surface area (Å²) in [6, 6.07) is 3.94. The summed E-state index contributed by atoms with van der Waals surface area (Å²) in [7, 11) is 0. The van der Waals surface area contributed by atoms with E-state index in [4.69, 9.17) is 0 Å². The minimum atomic E-state index is -1.04. The third-order valence-electron chi connectivity index (χ3n) is 5.17. The lowest BCUT2D eigenvalue weighted by molar-refractivity contribution is -0.151. The molecule has 120 valence electrons. The highest BCUT2D eigenvalue weighted by molar-refractivity contribution is 5.76. The molecule has 0 bridgehead atoms. The molecule has 2 aliphatic rings. The second-order valence-electron chi connectivity index (χ2n) is 6.75. The molecule has 6 nitrogen and oxygen atoms in total. The van der Waals surface area contributed by atoms with Crippen LogP contribution in [0.5, 0.6) is 0 Å². The molecule has 0 amide bonds. The first kappa shape index (κ1) is 14.4. The van der Waals surface area contributed by atoms with Crippen LogP contribution in [0.1, 0.15) is 61.6 Å². The number of aromatic nitrogens is 4. The van der Waals surface area contributed by atoms with Crippen molar-refractivity contribution in [3.05, 3.63) is 42.0 Å². The fourth-order valence-electron chi connectivity index (χ4n) is 3.66. The van der Waals surface area contributed by atoms with Gasteiger partial charge in [0, 0.05) is 18.3 Å². The number of nitrogens with zero attached hydrogens (tertiary/aromatic N) is 4. The van der Waals surface area contributed by atoms with Crippen molar-refractivity contribution in [3.8, 4) is 0 Å². The Labute approximate surface area is 134 Å². The molecule has 0 radical (unpaired) electrons. The van der Waals surface area contributed by atoms with Gasteiger partial charge in [-0.1, -0.05) is 6.07 Å². The Hall–Kier alpha value is -2.24. The molecule has 6 heteroatoms. The van der Waals surface area contributed by atoms with Gasteiger partial charge < -0.3 is 5.11 Å². The smallest absolute Gasteiger partial charge is 0.333 e. The predicted molar refractivity (Wildman–Crippen MR) is 83.1 cm³/mol. The molecule has 2 aromatic rings. The van der Waals surface area contributed by atoms with Crippen LogP contribution < -0.4 is 0 Å². The van der Waals surface area contributed by atoms with Gasteiger partial charge >= 0.3 is 5.97 Å². The third kappa shape index (κ3) is 2.52. The quantitative estimate of drug-likeness (QED) is 0.938. The largest absolute Gasteiger partial charge is 0.479 e. The fraction of sp³-hybridized carbons (Fsp3) is 0.529. The van der Waals surface area contributed by atoms with Crippen LogP contribution in [0.15, 0.2) is 30.7 Å². The van der Waals surface area contributed by atoms with Crippen molar-refractivity contribution in [2.75, 3.05) is 0 Å². The Balaban J connectivity index is 1.67. The number of hydrogen-bond acceptors (Lipinski definition) is 4. The van der Waals surface area contributed by atoms with Crippen LogP contribution in [-0.4, -0.2) is 31.1 Å². The van der Waals surface area contributed by atoms with Crippen molar-refractivity contribution in [1.29, 1.82) is 0 Å². The number of carboxylic acid groups (broad SMARTS) is 1. The first-order valence-electron chi connectivity index (χ1n) is 8.25. The van der Waals surface area contributed by atoms with Crippen LogP contribution in [0.2, 0.25) is 0 Å². The lowest BCUT2D eigenvalue weighted by Crippen LogP contribution is -2.46. The molecule has 4 rings (SSSR count). The average Bonchev–Trinajstić information content (AvgIpc) is 3.32. The Morgan fingerprint density at radius 3 is 2.83 bits per heavy atom. The molecule has 2 aliphatic carbocycles. The van der Waals surface area contributed by atoms with Crippen LogP contribution in [-0.2, 0) is 10.3 Å². The Morgan fingerprint density at radius 1 is 1.26 bits per heavy atom. The van der Waals surface area contributed by atoms with Gasteiger partial charge in [-0.25, -0.2) is 4.79 Å². The molecule has 2 atom stereocenters. The molecule has 2 heterocycles. The zero-order valence-corrected chi connectivity index (χ0v) is 12.9. The Bertz CT molecular complexity index is 710. The third-order valence-corrected chi connectivity index (χ3v) is 5.17. The molecule has 2 unspecified atom stereocenters. The average molecular weight is 312 g/mol. The van der Waals surface area contributed by atoms with E-state index in [0.717, 1.165) is 36.9 Å². The molecule has 0 saturated heterocycles. The maximum Gasteiger partial charge on any atom is 0.333 e. The number of pyridine rings is 1. The van der Waals surface area contributed by atoms with Crippen LogP contribution in [0.25, 0.3) is 0 Å². The van der Waals surface area contributed by atoms with Crippen molar-refractivity contribution in [3.63, 3.8) is 0 Å². The predicted octanol–water partition coefficient (Wildman–Crippen LogP) is 2.69. The number of hydrogen-bond donors (Lipinski definition) is 1. The van der Waals surface area contributed by atoms with E-state index in [1.165, 1.54) is 4.80 Å². The van der Waals surface area contributed by atoms with Crippen molar-refractivity contribution in [2.45, 2.75) is 55.9 Å². The zero-order valence-electron chi connectivity index (χ0n) is 12.9. The van der Waals surface area contributed by atoms with E-state index in [9.17, 15) is 9.90 Å². The van der Waals surface area contributed by atoms with Crippen molar-refractivity contribution in [1.82, 2.24) is 20.0 Å². The Kier molecular flexibility index (Phi) is 3.39. The van der Waals surface area contributed by atoms with Crippen molar-refractivity contribution in [2.24, 2.45) is 0 Å². The van der Waals surface area contributed by atoms with Gasteiger partial charge in [-0.2, -0.15) is 15.0 Å². The van der Waals surface area contributed by atoms with E-state index in [0.29, 0.717) is 18.8 Å². The number of carboxylic acids is 1. The fourth-order valence-corrected chi connectivity index (χ4v) is 3.66. The monoisotopic (exact) mass is 312 g/mol. The van der Waals surface area contributed by atoms with Crippen molar-refractivity contribution >= 4 is 5.97 Å². The number of carbonyl (C=O) groups is 1. The summed E-state index contributed by atoms with van der Waals surface area (Å²) < 4.78 is 0. The second-order valence-corrected chi connectivity index (χ2v) is 6.75. The van der Waals surface area contributed by atoms with E-state index in [-0.39, 0.29) is 5.92 Å².